The van der Waals surface area contributed by atoms with Gasteiger partial charge in [-0.05, 0) is 36.8 Å². The zero-order chi connectivity index (χ0) is 17.9. The first-order chi connectivity index (χ1) is 12.7. The van der Waals surface area contributed by atoms with Gasteiger partial charge >= 0.3 is 0 Å². The first-order valence-electron chi connectivity index (χ1n) is 9.18. The van der Waals surface area contributed by atoms with E-state index in [4.69, 9.17) is 4.74 Å². The van der Waals surface area contributed by atoms with E-state index < -0.39 is 0 Å². The Morgan fingerprint density at radius 2 is 1.96 bits per heavy atom. The summed E-state index contributed by atoms with van der Waals surface area (Å²) in [5.74, 6) is 0.839. The minimum Gasteiger partial charge on any atom is -0.497 e. The van der Waals surface area contributed by atoms with Crippen LogP contribution >= 0.6 is 0 Å². The average molecular weight is 355 g/mol. The zero-order valence-electron chi connectivity index (χ0n) is 15.1. The van der Waals surface area contributed by atoms with E-state index in [9.17, 15) is 4.79 Å². The van der Waals surface area contributed by atoms with E-state index in [1.165, 1.54) is 0 Å². The number of aromatic nitrogens is 2. The summed E-state index contributed by atoms with van der Waals surface area (Å²) in [6, 6.07) is 9.99. The number of H-pyrrole nitrogens is 1. The highest BCUT2D eigenvalue weighted by molar-refractivity contribution is 5.93. The van der Waals surface area contributed by atoms with Gasteiger partial charge in [0.2, 0.25) is 0 Å². The maximum absolute atomic E-state index is 12.8. The fourth-order valence-electron chi connectivity index (χ4n) is 3.78. The first kappa shape index (κ1) is 17.1. The minimum atomic E-state index is 0.0369. The largest absolute Gasteiger partial charge is 0.497 e. The van der Waals surface area contributed by atoms with Crippen molar-refractivity contribution in [3.05, 3.63) is 36.0 Å². The van der Waals surface area contributed by atoms with Crippen molar-refractivity contribution in [2.75, 3.05) is 46.4 Å². The number of nitrogens with zero attached hydrogens (tertiary/aromatic N) is 3. The molecule has 0 saturated carbocycles. The molecule has 1 amide bonds. The Hall–Kier alpha value is -2.38. The number of rotatable bonds is 4. The van der Waals surface area contributed by atoms with Crippen LogP contribution in [0.5, 0.6) is 5.75 Å². The van der Waals surface area contributed by atoms with Crippen molar-refractivity contribution in [1.29, 1.82) is 0 Å². The van der Waals surface area contributed by atoms with Crippen LogP contribution in [0.25, 0.3) is 11.3 Å². The van der Waals surface area contributed by atoms with Crippen molar-refractivity contribution < 1.29 is 9.53 Å². The molecule has 1 atom stereocenters. The fraction of sp³-hybridized carbons (Fsp3) is 0.474. The van der Waals surface area contributed by atoms with E-state index in [1.807, 2.05) is 35.2 Å². The van der Waals surface area contributed by atoms with Gasteiger partial charge < -0.3 is 15.0 Å². The second-order valence-electron chi connectivity index (χ2n) is 6.87. The topological polar surface area (TPSA) is 73.5 Å². The van der Waals surface area contributed by atoms with Crippen LogP contribution < -0.4 is 10.1 Å². The number of carbonyl (C=O) groups is 1. The molecule has 0 spiro atoms. The van der Waals surface area contributed by atoms with Crippen LogP contribution in [0.4, 0.5) is 0 Å². The Balaban J connectivity index is 1.41. The van der Waals surface area contributed by atoms with Crippen LogP contribution in [0.15, 0.2) is 30.3 Å². The van der Waals surface area contributed by atoms with E-state index in [1.54, 1.807) is 7.11 Å². The van der Waals surface area contributed by atoms with Crippen LogP contribution in [-0.2, 0) is 0 Å². The number of nitrogens with one attached hydrogen (secondary N) is 2. The maximum Gasteiger partial charge on any atom is 0.271 e. The third-order valence-electron chi connectivity index (χ3n) is 5.31. The van der Waals surface area contributed by atoms with Gasteiger partial charge in [-0.3, -0.25) is 14.8 Å². The number of likely N-dealkylation sites (tertiary alicyclic amines) is 1. The molecule has 2 aromatic rings. The lowest BCUT2D eigenvalue weighted by molar-refractivity contribution is 0.0767. The van der Waals surface area contributed by atoms with E-state index in [-0.39, 0.29) is 5.91 Å². The zero-order valence-corrected chi connectivity index (χ0v) is 15.1. The quantitative estimate of drug-likeness (QED) is 0.862. The van der Waals surface area contributed by atoms with Crippen LogP contribution in [0.1, 0.15) is 16.9 Å². The van der Waals surface area contributed by atoms with Gasteiger partial charge in [0.05, 0.1) is 12.8 Å². The molecular weight excluding hydrogens is 330 g/mol. The summed E-state index contributed by atoms with van der Waals surface area (Å²) < 4.78 is 5.18. The summed E-state index contributed by atoms with van der Waals surface area (Å²) in [5, 5.41) is 10.6. The number of methoxy groups -OCH3 is 1. The molecule has 7 nitrogen and oxygen atoms in total. The van der Waals surface area contributed by atoms with Crippen molar-refractivity contribution in [3.8, 4) is 17.0 Å². The smallest absolute Gasteiger partial charge is 0.271 e. The highest BCUT2D eigenvalue weighted by atomic mass is 16.5. The molecule has 2 fully saturated rings. The number of benzene rings is 1. The Labute approximate surface area is 153 Å². The molecule has 4 rings (SSSR count). The summed E-state index contributed by atoms with van der Waals surface area (Å²) in [5.41, 5.74) is 2.28. The molecule has 2 aliphatic heterocycles. The molecule has 0 bridgehead atoms. The molecule has 0 aliphatic carbocycles. The molecule has 138 valence electrons. The highest BCUT2D eigenvalue weighted by Crippen LogP contribution is 2.23. The van der Waals surface area contributed by atoms with Crippen molar-refractivity contribution in [1.82, 2.24) is 25.3 Å². The number of aromatic amines is 1. The first-order valence-corrected chi connectivity index (χ1v) is 9.18. The number of carbonyl (C=O) groups excluding carboxylic acids is 1. The van der Waals surface area contributed by atoms with Crippen molar-refractivity contribution in [2.24, 2.45) is 0 Å². The lowest BCUT2D eigenvalue weighted by Crippen LogP contribution is -2.49. The van der Waals surface area contributed by atoms with Crippen LogP contribution in [0.3, 0.4) is 0 Å². The van der Waals surface area contributed by atoms with E-state index >= 15 is 0 Å². The Morgan fingerprint density at radius 1 is 1.19 bits per heavy atom. The average Bonchev–Trinajstić information content (AvgIpc) is 3.38. The molecule has 1 aromatic heterocycles. The third kappa shape index (κ3) is 3.45. The summed E-state index contributed by atoms with van der Waals surface area (Å²) in [6.07, 6.45) is 1.05. The Morgan fingerprint density at radius 3 is 2.69 bits per heavy atom. The highest BCUT2D eigenvalue weighted by Gasteiger charge is 2.32. The molecule has 2 aliphatic rings. The van der Waals surface area contributed by atoms with Crippen LogP contribution in [0.2, 0.25) is 0 Å². The summed E-state index contributed by atoms with van der Waals surface area (Å²) in [7, 11) is 1.64. The van der Waals surface area contributed by atoms with E-state index in [0.29, 0.717) is 11.7 Å². The molecule has 2 saturated heterocycles. The number of amides is 1. The van der Waals surface area contributed by atoms with Gasteiger partial charge in [-0.25, -0.2) is 0 Å². The summed E-state index contributed by atoms with van der Waals surface area (Å²) in [6.45, 7) is 5.82. The minimum absolute atomic E-state index is 0.0369. The van der Waals surface area contributed by atoms with E-state index in [0.717, 1.165) is 62.7 Å². The second kappa shape index (κ2) is 7.47. The van der Waals surface area contributed by atoms with Crippen LogP contribution in [-0.4, -0.2) is 78.3 Å². The summed E-state index contributed by atoms with van der Waals surface area (Å²) in [4.78, 5) is 17.3. The molecule has 1 unspecified atom stereocenters. The van der Waals surface area contributed by atoms with Crippen molar-refractivity contribution in [3.63, 3.8) is 0 Å². The summed E-state index contributed by atoms with van der Waals surface area (Å²) >= 11 is 0. The van der Waals surface area contributed by atoms with Crippen molar-refractivity contribution >= 4 is 5.91 Å². The number of piperazine rings is 1. The van der Waals surface area contributed by atoms with Crippen LogP contribution in [0, 0.1) is 0 Å². The second-order valence-corrected chi connectivity index (χ2v) is 6.87. The van der Waals surface area contributed by atoms with Gasteiger partial charge in [-0.1, -0.05) is 0 Å². The normalized spacial score (nSPS) is 21.1. The lowest BCUT2D eigenvalue weighted by Gasteiger charge is -2.32. The number of hydrogen-bond donors (Lipinski definition) is 2. The predicted molar refractivity (Wildman–Crippen MR) is 99.3 cm³/mol. The number of hydrogen-bond acceptors (Lipinski definition) is 5. The number of ether oxygens (including phenoxy) is 1. The molecule has 26 heavy (non-hydrogen) atoms. The predicted octanol–water partition coefficient (Wildman–Crippen LogP) is 1.20. The van der Waals surface area contributed by atoms with E-state index in [2.05, 4.69) is 20.4 Å². The van der Waals surface area contributed by atoms with Crippen molar-refractivity contribution in [2.45, 2.75) is 12.5 Å². The molecule has 7 heteroatoms. The van der Waals surface area contributed by atoms with Gasteiger partial charge in [0.1, 0.15) is 11.4 Å². The SMILES string of the molecule is COc1ccc(-c2cc(C(=O)N3CCC(N4CCNCC4)C3)[nH]n2)cc1. The molecule has 3 heterocycles. The Bertz CT molecular complexity index is 752. The van der Waals surface area contributed by atoms with Gasteiger partial charge in [0.25, 0.3) is 5.91 Å². The van der Waals surface area contributed by atoms with Gasteiger partial charge in [0.15, 0.2) is 0 Å². The lowest BCUT2D eigenvalue weighted by atomic mass is 10.1. The maximum atomic E-state index is 12.8. The standard InChI is InChI=1S/C19H25N5O2/c1-26-16-4-2-14(3-5-16)17-12-18(22-21-17)19(25)24-9-6-15(13-24)23-10-7-20-8-11-23/h2-5,12,15,20H,6-11,13H2,1H3,(H,21,22). The molecule has 1 aromatic carbocycles. The fourth-order valence-corrected chi connectivity index (χ4v) is 3.78. The molecule has 0 radical (unpaired) electrons. The molecular formula is C19H25N5O2. The third-order valence-corrected chi connectivity index (χ3v) is 5.31. The Kier molecular flexibility index (Phi) is 4.90. The van der Waals surface area contributed by atoms with Gasteiger partial charge in [-0.2, -0.15) is 5.10 Å². The monoisotopic (exact) mass is 355 g/mol. The van der Waals surface area contributed by atoms with Gasteiger partial charge in [0, 0.05) is 50.9 Å². The molecule has 2 N–H and O–H groups in total. The van der Waals surface area contributed by atoms with Gasteiger partial charge in [-0.15, -0.1) is 0 Å².